The minimum atomic E-state index is -0.284. The lowest BCUT2D eigenvalue weighted by Crippen LogP contribution is -2.12. The number of hydrogen-bond acceptors (Lipinski definition) is 7. The number of nitrogen functional groups attached to an aromatic ring is 1. The number of anilines is 4. The molecule has 196 valence electrons. The molecule has 0 aliphatic carbocycles. The van der Waals surface area contributed by atoms with Gasteiger partial charge in [-0.15, -0.1) is 0 Å². The number of nitrogens with one attached hydrogen (secondary N) is 2. The van der Waals surface area contributed by atoms with E-state index in [0.29, 0.717) is 50.6 Å². The Balaban J connectivity index is 1.53. The summed E-state index contributed by atoms with van der Waals surface area (Å²) in [7, 11) is 0. The fourth-order valence-corrected chi connectivity index (χ4v) is 4.31. The van der Waals surface area contributed by atoms with E-state index in [1.54, 1.807) is 36.4 Å². The summed E-state index contributed by atoms with van der Waals surface area (Å²) in [5.74, 6) is 1.33. The molecule has 1 amide bonds. The molecule has 0 aliphatic heterocycles. The molecule has 0 unspecified atom stereocenters. The van der Waals surface area contributed by atoms with Crippen molar-refractivity contribution in [3.8, 4) is 11.5 Å². The van der Waals surface area contributed by atoms with Gasteiger partial charge in [0.15, 0.2) is 11.4 Å². The van der Waals surface area contributed by atoms with Crippen molar-refractivity contribution in [2.24, 2.45) is 0 Å². The Bertz CT molecular complexity index is 1680. The zero-order valence-corrected chi connectivity index (χ0v) is 23.4. The molecule has 10 heteroatoms. The number of aromatic nitrogens is 3. The average molecular weight is 604 g/mol. The summed E-state index contributed by atoms with van der Waals surface area (Å²) in [6.07, 6.45) is 1.45. The molecule has 2 heterocycles. The summed E-state index contributed by atoms with van der Waals surface area (Å²) < 4.78 is 7.07. The SMILES string of the molecule is CC(C)c1ccc2c(Nc3cc(C(=O)Nc4ccc(Br)cc4)ccc3Oc3ccc(N)cc3Cl)ncnc2n1. The van der Waals surface area contributed by atoms with Crippen molar-refractivity contribution in [3.63, 3.8) is 0 Å². The summed E-state index contributed by atoms with van der Waals surface area (Å²) in [5, 5.41) is 7.30. The van der Waals surface area contributed by atoms with Crippen LogP contribution in [0.4, 0.5) is 22.9 Å². The number of carbonyl (C=O) groups is 1. The first kappa shape index (κ1) is 26.4. The summed E-state index contributed by atoms with van der Waals surface area (Å²) in [6.45, 7) is 4.15. The molecule has 39 heavy (non-hydrogen) atoms. The third kappa shape index (κ3) is 6.10. The smallest absolute Gasteiger partial charge is 0.255 e. The fraction of sp³-hybridized carbons (Fsp3) is 0.103. The number of nitrogens with two attached hydrogens (primary N) is 1. The Morgan fingerprint density at radius 3 is 2.49 bits per heavy atom. The van der Waals surface area contributed by atoms with Crippen LogP contribution in [0.15, 0.2) is 83.6 Å². The number of ether oxygens (including phenoxy) is 1. The van der Waals surface area contributed by atoms with Crippen LogP contribution in [0.1, 0.15) is 35.8 Å². The first-order valence-corrected chi connectivity index (χ1v) is 13.3. The van der Waals surface area contributed by atoms with Crippen molar-refractivity contribution in [3.05, 3.63) is 99.9 Å². The van der Waals surface area contributed by atoms with E-state index in [-0.39, 0.29) is 11.8 Å². The van der Waals surface area contributed by atoms with Crippen LogP contribution in [0.2, 0.25) is 5.02 Å². The van der Waals surface area contributed by atoms with Gasteiger partial charge in [-0.3, -0.25) is 4.79 Å². The minimum absolute atomic E-state index is 0.256. The topological polar surface area (TPSA) is 115 Å². The van der Waals surface area contributed by atoms with Crippen LogP contribution < -0.4 is 21.1 Å². The van der Waals surface area contributed by atoms with Gasteiger partial charge < -0.3 is 21.1 Å². The maximum atomic E-state index is 13.1. The van der Waals surface area contributed by atoms with Crippen LogP contribution in [0.3, 0.4) is 0 Å². The van der Waals surface area contributed by atoms with Crippen molar-refractivity contribution in [2.75, 3.05) is 16.4 Å². The van der Waals surface area contributed by atoms with Gasteiger partial charge in [0.1, 0.15) is 17.9 Å². The third-order valence-electron chi connectivity index (χ3n) is 5.88. The van der Waals surface area contributed by atoms with Crippen LogP contribution >= 0.6 is 27.5 Å². The van der Waals surface area contributed by atoms with E-state index in [1.807, 2.05) is 36.4 Å². The number of nitrogens with zero attached hydrogens (tertiary/aromatic N) is 3. The molecule has 0 bridgehead atoms. The van der Waals surface area contributed by atoms with Crippen LogP contribution in [0.5, 0.6) is 11.5 Å². The highest BCUT2D eigenvalue weighted by Crippen LogP contribution is 2.37. The average Bonchev–Trinajstić information content (AvgIpc) is 2.92. The predicted molar refractivity (Wildman–Crippen MR) is 159 cm³/mol. The molecule has 8 nitrogen and oxygen atoms in total. The Morgan fingerprint density at radius 1 is 0.974 bits per heavy atom. The van der Waals surface area contributed by atoms with Gasteiger partial charge in [0, 0.05) is 27.1 Å². The number of rotatable bonds is 7. The van der Waals surface area contributed by atoms with Crippen molar-refractivity contribution < 1.29 is 9.53 Å². The highest BCUT2D eigenvalue weighted by molar-refractivity contribution is 9.10. The van der Waals surface area contributed by atoms with E-state index in [9.17, 15) is 4.79 Å². The number of hydrogen-bond donors (Lipinski definition) is 3. The lowest BCUT2D eigenvalue weighted by molar-refractivity contribution is 0.102. The molecule has 0 aliphatic rings. The normalized spacial score (nSPS) is 11.0. The molecule has 0 atom stereocenters. The van der Waals surface area contributed by atoms with Crippen LogP contribution in [0.25, 0.3) is 11.0 Å². The van der Waals surface area contributed by atoms with Crippen molar-refractivity contribution in [1.82, 2.24) is 15.0 Å². The molecule has 3 aromatic carbocycles. The van der Waals surface area contributed by atoms with Crippen molar-refractivity contribution in [2.45, 2.75) is 19.8 Å². The third-order valence-corrected chi connectivity index (χ3v) is 6.71. The summed E-state index contributed by atoms with van der Waals surface area (Å²) in [4.78, 5) is 26.6. The molecule has 4 N–H and O–H groups in total. The summed E-state index contributed by atoms with van der Waals surface area (Å²) >= 11 is 9.78. The quantitative estimate of drug-likeness (QED) is 0.162. The Labute approximate surface area is 238 Å². The molecule has 5 rings (SSSR count). The van der Waals surface area contributed by atoms with E-state index in [0.717, 1.165) is 15.6 Å². The number of benzene rings is 3. The molecule has 2 aromatic heterocycles. The Kier molecular flexibility index (Phi) is 7.63. The fourth-order valence-electron chi connectivity index (χ4n) is 3.82. The Hall–Kier alpha value is -4.21. The summed E-state index contributed by atoms with van der Waals surface area (Å²) in [6, 6.07) is 21.3. The minimum Gasteiger partial charge on any atom is -0.454 e. The number of pyridine rings is 1. The van der Waals surface area contributed by atoms with E-state index in [4.69, 9.17) is 22.1 Å². The van der Waals surface area contributed by atoms with E-state index >= 15 is 0 Å². The second-order valence-electron chi connectivity index (χ2n) is 9.07. The Morgan fingerprint density at radius 2 is 1.74 bits per heavy atom. The van der Waals surface area contributed by atoms with Crippen molar-refractivity contribution >= 4 is 67.4 Å². The lowest BCUT2D eigenvalue weighted by atomic mass is 10.1. The van der Waals surface area contributed by atoms with Gasteiger partial charge in [-0.05, 0) is 78.7 Å². The molecule has 0 radical (unpaired) electrons. The van der Waals surface area contributed by atoms with Gasteiger partial charge >= 0.3 is 0 Å². The van der Waals surface area contributed by atoms with E-state index < -0.39 is 0 Å². The molecule has 5 aromatic rings. The monoisotopic (exact) mass is 602 g/mol. The first-order valence-electron chi connectivity index (χ1n) is 12.1. The van der Waals surface area contributed by atoms with E-state index in [1.165, 1.54) is 6.33 Å². The van der Waals surface area contributed by atoms with Crippen LogP contribution in [-0.2, 0) is 0 Å². The zero-order chi connectivity index (χ0) is 27.5. The molecule has 0 saturated heterocycles. The molecule has 0 fully saturated rings. The van der Waals surface area contributed by atoms with Crippen LogP contribution in [0, 0.1) is 0 Å². The number of amides is 1. The summed E-state index contributed by atoms with van der Waals surface area (Å²) in [5.41, 5.74) is 9.43. The van der Waals surface area contributed by atoms with Gasteiger partial charge in [0.25, 0.3) is 5.91 Å². The molecule has 0 spiro atoms. The number of carbonyl (C=O) groups excluding carboxylic acids is 1. The van der Waals surface area contributed by atoms with Gasteiger partial charge in [-0.2, -0.15) is 0 Å². The zero-order valence-electron chi connectivity index (χ0n) is 21.1. The highest BCUT2D eigenvalue weighted by Gasteiger charge is 2.16. The second-order valence-corrected chi connectivity index (χ2v) is 10.4. The van der Waals surface area contributed by atoms with Crippen molar-refractivity contribution in [1.29, 1.82) is 0 Å². The lowest BCUT2D eigenvalue weighted by Gasteiger charge is -2.16. The van der Waals surface area contributed by atoms with E-state index in [2.05, 4.69) is 55.4 Å². The number of fused-ring (bicyclic) bond motifs is 1. The van der Waals surface area contributed by atoms with Crippen LogP contribution in [-0.4, -0.2) is 20.9 Å². The highest BCUT2D eigenvalue weighted by atomic mass is 79.9. The predicted octanol–water partition coefficient (Wildman–Crippen LogP) is 7.93. The number of halogens is 2. The van der Waals surface area contributed by atoms with Gasteiger partial charge in [-0.25, -0.2) is 15.0 Å². The van der Waals surface area contributed by atoms with Gasteiger partial charge in [-0.1, -0.05) is 41.4 Å². The first-order chi connectivity index (χ1) is 18.8. The largest absolute Gasteiger partial charge is 0.454 e. The van der Waals surface area contributed by atoms with Gasteiger partial charge in [0.2, 0.25) is 0 Å². The molecular formula is C29H24BrClN6O2. The molecular weight excluding hydrogens is 580 g/mol. The standard InChI is InChI=1S/C29H24BrClN6O2/c1-16(2)23-10-9-21-27(36-23)33-15-34-28(21)37-24-13-17(29(38)35-20-7-4-18(30)5-8-20)3-11-26(24)39-25-12-6-19(32)14-22(25)31/h3-16H,32H2,1-2H3,(H,35,38)(H,33,34,36,37). The van der Waals surface area contributed by atoms with Gasteiger partial charge in [0.05, 0.1) is 16.1 Å². The maximum Gasteiger partial charge on any atom is 0.255 e. The maximum absolute atomic E-state index is 13.1. The second kappa shape index (κ2) is 11.3. The molecule has 0 saturated carbocycles.